The van der Waals surface area contributed by atoms with E-state index in [2.05, 4.69) is 10.0 Å². The van der Waals surface area contributed by atoms with E-state index in [1.165, 1.54) is 0 Å². The van der Waals surface area contributed by atoms with Gasteiger partial charge in [0.25, 0.3) is 0 Å². The number of Topliss-reactive ketones (excluding diaryl/α,β-unsaturated/α-hetero) is 1. The van der Waals surface area contributed by atoms with Crippen molar-refractivity contribution < 1.29 is 4.79 Å². The summed E-state index contributed by atoms with van der Waals surface area (Å²) in [6, 6.07) is 8.62. The van der Waals surface area contributed by atoms with E-state index in [1.807, 2.05) is 6.07 Å². The van der Waals surface area contributed by atoms with Crippen LogP contribution in [0.5, 0.6) is 0 Å². The van der Waals surface area contributed by atoms with Crippen LogP contribution in [-0.4, -0.2) is 12.3 Å². The molecule has 1 atom stereocenters. The highest BCUT2D eigenvalue weighted by Gasteiger charge is 2.11. The van der Waals surface area contributed by atoms with Crippen molar-refractivity contribution in [3.05, 3.63) is 45.3 Å². The van der Waals surface area contributed by atoms with Crippen LogP contribution >= 0.6 is 11.6 Å². The average Bonchev–Trinajstić information content (AvgIpc) is 2.39. The summed E-state index contributed by atoms with van der Waals surface area (Å²) < 4.78 is 0. The molecule has 92 valence electrons. The quantitative estimate of drug-likeness (QED) is 0.338. The number of nitrogens with zero attached hydrogens (tertiary/aromatic N) is 4. The summed E-state index contributed by atoms with van der Waals surface area (Å²) in [5.41, 5.74) is 8.73. The van der Waals surface area contributed by atoms with Crippen molar-refractivity contribution in [1.29, 1.82) is 5.26 Å². The molecule has 0 N–H and O–H groups in total. The number of ketones is 1. The molecule has 0 aliphatic carbocycles. The summed E-state index contributed by atoms with van der Waals surface area (Å²) in [6.07, 6.45) is 0.637. The molecule has 0 aliphatic rings. The predicted molar refractivity (Wildman–Crippen MR) is 68.1 cm³/mol. The Hall–Kier alpha value is -2.02. The Labute approximate surface area is 110 Å². The number of hydrogen-bond acceptors (Lipinski definition) is 3. The summed E-state index contributed by atoms with van der Waals surface area (Å²) in [4.78, 5) is 14.4. The topological polar surface area (TPSA) is 89.6 Å². The average molecular weight is 263 g/mol. The van der Waals surface area contributed by atoms with E-state index in [1.54, 1.807) is 24.3 Å². The Morgan fingerprint density at radius 2 is 2.17 bits per heavy atom. The lowest BCUT2D eigenvalue weighted by Crippen LogP contribution is -2.06. The Kier molecular flexibility index (Phi) is 5.72. The fourth-order valence-corrected chi connectivity index (χ4v) is 1.54. The van der Waals surface area contributed by atoms with Crippen LogP contribution in [0.4, 0.5) is 0 Å². The molecule has 1 aromatic rings. The lowest BCUT2D eigenvalue weighted by atomic mass is 10.00. The smallest absolute Gasteiger partial charge is 0.162 e. The van der Waals surface area contributed by atoms with Gasteiger partial charge in [0.05, 0.1) is 12.0 Å². The van der Waals surface area contributed by atoms with Crippen molar-refractivity contribution in [3.63, 3.8) is 0 Å². The van der Waals surface area contributed by atoms with Gasteiger partial charge in [-0.25, -0.2) is 0 Å². The standard InChI is InChI=1S/C12H11ClN4O/c13-11-4-2-10(3-5-11)12(18)6-1-9(7-14)8-16-17-15/h2-5,9H,1,6,8H2. The van der Waals surface area contributed by atoms with Gasteiger partial charge in [-0.2, -0.15) is 5.26 Å². The Bertz CT molecular complexity index is 500. The highest BCUT2D eigenvalue weighted by atomic mass is 35.5. The van der Waals surface area contributed by atoms with Gasteiger partial charge < -0.3 is 0 Å². The molecule has 0 aliphatic heterocycles. The molecule has 0 fully saturated rings. The minimum absolute atomic E-state index is 0.0483. The predicted octanol–water partition coefficient (Wildman–Crippen LogP) is 3.75. The Morgan fingerprint density at radius 3 is 2.72 bits per heavy atom. The van der Waals surface area contributed by atoms with Gasteiger partial charge in [-0.05, 0) is 36.2 Å². The van der Waals surface area contributed by atoms with Crippen LogP contribution in [0.15, 0.2) is 29.4 Å². The summed E-state index contributed by atoms with van der Waals surface area (Å²) in [5.74, 6) is -0.468. The summed E-state index contributed by atoms with van der Waals surface area (Å²) >= 11 is 5.72. The van der Waals surface area contributed by atoms with E-state index in [9.17, 15) is 4.79 Å². The second-order valence-corrected chi connectivity index (χ2v) is 4.14. The van der Waals surface area contributed by atoms with E-state index in [4.69, 9.17) is 22.4 Å². The first-order chi connectivity index (χ1) is 8.67. The van der Waals surface area contributed by atoms with Gasteiger partial charge in [-0.15, -0.1) is 0 Å². The molecule has 1 rings (SSSR count). The number of halogens is 1. The fourth-order valence-electron chi connectivity index (χ4n) is 1.42. The number of carbonyl (C=O) groups excluding carboxylic acids is 1. The maximum Gasteiger partial charge on any atom is 0.162 e. The molecule has 0 aromatic heterocycles. The molecular weight excluding hydrogens is 252 g/mol. The van der Waals surface area contributed by atoms with E-state index in [0.29, 0.717) is 17.0 Å². The molecule has 0 radical (unpaired) electrons. The molecule has 18 heavy (non-hydrogen) atoms. The largest absolute Gasteiger partial charge is 0.294 e. The maximum absolute atomic E-state index is 11.8. The molecule has 0 saturated heterocycles. The highest BCUT2D eigenvalue weighted by Crippen LogP contribution is 2.14. The van der Waals surface area contributed by atoms with Crippen LogP contribution in [0.1, 0.15) is 23.2 Å². The summed E-state index contributed by atoms with van der Waals surface area (Å²) in [7, 11) is 0. The molecule has 0 heterocycles. The number of benzene rings is 1. The fraction of sp³-hybridized carbons (Fsp3) is 0.333. The first-order valence-corrected chi connectivity index (χ1v) is 5.74. The second-order valence-electron chi connectivity index (χ2n) is 3.71. The third-order valence-electron chi connectivity index (χ3n) is 2.43. The van der Waals surface area contributed by atoms with Crippen molar-refractivity contribution in [2.45, 2.75) is 12.8 Å². The van der Waals surface area contributed by atoms with Crippen molar-refractivity contribution in [1.82, 2.24) is 0 Å². The van der Waals surface area contributed by atoms with E-state index in [0.717, 1.165) is 0 Å². The van der Waals surface area contributed by atoms with Crippen molar-refractivity contribution >= 4 is 17.4 Å². The Morgan fingerprint density at radius 1 is 1.50 bits per heavy atom. The van der Waals surface area contributed by atoms with Crippen molar-refractivity contribution in [2.24, 2.45) is 11.0 Å². The molecule has 1 aromatic carbocycles. The zero-order chi connectivity index (χ0) is 13.4. The van der Waals surface area contributed by atoms with Crippen LogP contribution < -0.4 is 0 Å². The SMILES string of the molecule is N#CC(CCC(=O)c1ccc(Cl)cc1)CN=[N+]=[N-]. The zero-order valence-electron chi connectivity index (χ0n) is 9.58. The minimum Gasteiger partial charge on any atom is -0.294 e. The van der Waals surface area contributed by atoms with Crippen LogP contribution in [0.25, 0.3) is 10.4 Å². The van der Waals surface area contributed by atoms with Crippen LogP contribution in [0, 0.1) is 17.2 Å². The van der Waals surface area contributed by atoms with Gasteiger partial charge in [-0.1, -0.05) is 16.7 Å². The number of nitriles is 1. The third kappa shape index (κ3) is 4.46. The van der Waals surface area contributed by atoms with Crippen molar-refractivity contribution in [3.8, 4) is 6.07 Å². The van der Waals surface area contributed by atoms with Crippen molar-refractivity contribution in [2.75, 3.05) is 6.54 Å². The molecule has 5 nitrogen and oxygen atoms in total. The van der Waals surface area contributed by atoms with Gasteiger partial charge in [0.1, 0.15) is 0 Å². The lowest BCUT2D eigenvalue weighted by molar-refractivity contribution is 0.0977. The molecule has 0 bridgehead atoms. The maximum atomic E-state index is 11.8. The number of azide groups is 1. The summed E-state index contributed by atoms with van der Waals surface area (Å²) in [5, 5.41) is 12.7. The van der Waals surface area contributed by atoms with Gasteiger partial charge in [0.2, 0.25) is 0 Å². The summed E-state index contributed by atoms with van der Waals surface area (Å²) in [6.45, 7) is 0.0981. The van der Waals surface area contributed by atoms with E-state index < -0.39 is 5.92 Å². The highest BCUT2D eigenvalue weighted by molar-refractivity contribution is 6.30. The first kappa shape index (κ1) is 14.0. The van der Waals surface area contributed by atoms with E-state index in [-0.39, 0.29) is 18.7 Å². The Balaban J connectivity index is 2.52. The number of rotatable bonds is 6. The minimum atomic E-state index is -0.419. The third-order valence-corrected chi connectivity index (χ3v) is 2.69. The number of hydrogen-bond donors (Lipinski definition) is 0. The zero-order valence-corrected chi connectivity index (χ0v) is 10.3. The molecule has 0 amide bonds. The molecule has 6 heteroatoms. The van der Waals surface area contributed by atoms with Gasteiger partial charge in [-0.3, -0.25) is 4.79 Å². The molecule has 1 unspecified atom stereocenters. The van der Waals surface area contributed by atoms with Crippen LogP contribution in [0.2, 0.25) is 5.02 Å². The molecule has 0 spiro atoms. The monoisotopic (exact) mass is 262 g/mol. The normalized spacial score (nSPS) is 11.1. The van der Waals surface area contributed by atoms with Gasteiger partial charge in [0.15, 0.2) is 5.78 Å². The van der Waals surface area contributed by atoms with E-state index >= 15 is 0 Å². The van der Waals surface area contributed by atoms with Crippen LogP contribution in [0.3, 0.4) is 0 Å². The first-order valence-electron chi connectivity index (χ1n) is 5.36. The molecule has 0 saturated carbocycles. The molecular formula is C12H11ClN4O. The van der Waals surface area contributed by atoms with Crippen LogP contribution in [-0.2, 0) is 0 Å². The lowest BCUT2D eigenvalue weighted by Gasteiger charge is -2.04. The second kappa shape index (κ2) is 7.33. The van der Waals surface area contributed by atoms with Gasteiger partial charge in [0, 0.05) is 28.5 Å². The number of carbonyl (C=O) groups is 1. The van der Waals surface area contributed by atoms with Gasteiger partial charge >= 0.3 is 0 Å².